The van der Waals surface area contributed by atoms with Gasteiger partial charge in [-0.15, -0.1) is 0 Å². The molecule has 0 bridgehead atoms. The summed E-state index contributed by atoms with van der Waals surface area (Å²) in [6, 6.07) is 18.4. The van der Waals surface area contributed by atoms with Crippen molar-refractivity contribution in [1.29, 1.82) is 0 Å². The van der Waals surface area contributed by atoms with Crippen molar-refractivity contribution in [3.63, 3.8) is 0 Å². The van der Waals surface area contributed by atoms with Gasteiger partial charge < -0.3 is 24.4 Å². The second kappa shape index (κ2) is 13.7. The number of rotatable bonds is 5. The second-order valence-electron chi connectivity index (χ2n) is 10.9. The molecule has 1 N–H and O–H groups in total. The van der Waals surface area contributed by atoms with Crippen LogP contribution in [0.4, 0.5) is 17.1 Å². The Labute approximate surface area is 256 Å². The van der Waals surface area contributed by atoms with Gasteiger partial charge in [-0.05, 0) is 63.6 Å². The third-order valence-corrected chi connectivity index (χ3v) is 7.71. The molecule has 0 fully saturated rings. The number of carbonyl (C=O) groups excluding carboxylic acids is 3. The van der Waals surface area contributed by atoms with Gasteiger partial charge in [-0.25, -0.2) is 4.79 Å². The van der Waals surface area contributed by atoms with Crippen LogP contribution in [0.5, 0.6) is 5.75 Å². The minimum Gasteiger partial charge on any atom is -0.486 e. The van der Waals surface area contributed by atoms with Gasteiger partial charge in [0.05, 0.1) is 28.9 Å². The SMILES string of the molecule is CC(=O)N1c2ccccc2[C@@H](O)C[C@@H]1C.CCOC(=O)c1ccc2c(c1)[C@H](Oc1ccc([N+](=O)[O-])cc1)C[C@H](C)N2C(C)=O. The maximum atomic E-state index is 12.2. The lowest BCUT2D eigenvalue weighted by Crippen LogP contribution is -2.43. The predicted octanol–water partition coefficient (Wildman–Crippen LogP) is 5.90. The van der Waals surface area contributed by atoms with Gasteiger partial charge in [0.15, 0.2) is 0 Å². The van der Waals surface area contributed by atoms with Crippen LogP contribution in [0.3, 0.4) is 0 Å². The van der Waals surface area contributed by atoms with Crippen LogP contribution in [-0.2, 0) is 14.3 Å². The molecule has 0 saturated carbocycles. The molecule has 0 aliphatic carbocycles. The Morgan fingerprint density at radius 3 is 2.07 bits per heavy atom. The number of aliphatic hydroxyl groups is 1. The van der Waals surface area contributed by atoms with Crippen LogP contribution in [0.15, 0.2) is 66.7 Å². The maximum absolute atomic E-state index is 12.2. The lowest BCUT2D eigenvalue weighted by atomic mass is 9.92. The van der Waals surface area contributed by atoms with E-state index in [-0.39, 0.29) is 36.2 Å². The largest absolute Gasteiger partial charge is 0.486 e. The molecular formula is C33H37N3O8. The number of nitro groups is 1. The van der Waals surface area contributed by atoms with Gasteiger partial charge in [0.2, 0.25) is 11.8 Å². The van der Waals surface area contributed by atoms with Gasteiger partial charge in [0.1, 0.15) is 11.9 Å². The molecule has 2 aliphatic heterocycles. The Bertz CT molecular complexity index is 1540. The number of carbonyl (C=O) groups is 3. The maximum Gasteiger partial charge on any atom is 0.338 e. The fraction of sp³-hybridized carbons (Fsp3) is 0.364. The number of hydrogen-bond donors (Lipinski definition) is 1. The average molecular weight is 604 g/mol. The number of nitrogens with zero attached hydrogens (tertiary/aromatic N) is 3. The Hall–Kier alpha value is -4.77. The number of fused-ring (bicyclic) bond motifs is 2. The lowest BCUT2D eigenvalue weighted by molar-refractivity contribution is -0.384. The summed E-state index contributed by atoms with van der Waals surface area (Å²) in [4.78, 5) is 49.7. The zero-order chi connectivity index (χ0) is 32.1. The molecular weight excluding hydrogens is 566 g/mol. The molecule has 0 saturated heterocycles. The summed E-state index contributed by atoms with van der Waals surface area (Å²) >= 11 is 0. The number of anilines is 2. The van der Waals surface area contributed by atoms with Crippen LogP contribution in [-0.4, -0.2) is 46.5 Å². The molecule has 0 unspecified atom stereocenters. The van der Waals surface area contributed by atoms with Gasteiger partial charge in [0.25, 0.3) is 5.69 Å². The topological polar surface area (TPSA) is 140 Å². The Morgan fingerprint density at radius 1 is 0.886 bits per heavy atom. The van der Waals surface area contributed by atoms with Crippen LogP contribution >= 0.6 is 0 Å². The van der Waals surface area contributed by atoms with Crippen molar-refractivity contribution < 1.29 is 33.9 Å². The number of nitro benzene ring substituents is 1. The third-order valence-electron chi connectivity index (χ3n) is 7.71. The van der Waals surface area contributed by atoms with E-state index in [9.17, 15) is 29.6 Å². The van der Waals surface area contributed by atoms with Crippen LogP contribution < -0.4 is 14.5 Å². The molecule has 232 valence electrons. The zero-order valence-corrected chi connectivity index (χ0v) is 25.4. The molecule has 11 nitrogen and oxygen atoms in total. The quantitative estimate of drug-likeness (QED) is 0.216. The molecule has 5 rings (SSSR count). The van der Waals surface area contributed by atoms with E-state index in [1.165, 1.54) is 31.2 Å². The van der Waals surface area contributed by atoms with E-state index in [2.05, 4.69) is 0 Å². The van der Waals surface area contributed by atoms with Gasteiger partial charge in [-0.2, -0.15) is 0 Å². The van der Waals surface area contributed by atoms with Crippen LogP contribution in [0.25, 0.3) is 0 Å². The fourth-order valence-electron chi connectivity index (χ4n) is 5.82. The number of benzene rings is 3. The molecule has 3 aromatic carbocycles. The second-order valence-corrected chi connectivity index (χ2v) is 10.9. The summed E-state index contributed by atoms with van der Waals surface area (Å²) in [6.45, 7) is 8.93. The monoisotopic (exact) mass is 603 g/mol. The third kappa shape index (κ3) is 6.89. The van der Waals surface area contributed by atoms with Crippen molar-refractivity contribution in [1.82, 2.24) is 0 Å². The van der Waals surface area contributed by atoms with Crippen molar-refractivity contribution in [3.05, 3.63) is 93.5 Å². The van der Waals surface area contributed by atoms with Crippen molar-refractivity contribution in [2.24, 2.45) is 0 Å². The van der Waals surface area contributed by atoms with E-state index in [1.807, 2.05) is 38.1 Å². The number of amides is 2. The minimum atomic E-state index is -0.474. The van der Waals surface area contributed by atoms with E-state index in [0.29, 0.717) is 35.4 Å². The number of non-ortho nitro benzene ring substituents is 1. The van der Waals surface area contributed by atoms with Crippen LogP contribution in [0.1, 0.15) is 81.2 Å². The molecule has 2 amide bonds. The smallest absolute Gasteiger partial charge is 0.338 e. The fourth-order valence-corrected chi connectivity index (χ4v) is 5.82. The van der Waals surface area contributed by atoms with Crippen LogP contribution in [0, 0.1) is 10.1 Å². The van der Waals surface area contributed by atoms with Crippen molar-refractivity contribution in [2.45, 2.75) is 71.8 Å². The first-order valence-electron chi connectivity index (χ1n) is 14.5. The summed E-state index contributed by atoms with van der Waals surface area (Å²) in [7, 11) is 0. The summed E-state index contributed by atoms with van der Waals surface area (Å²) in [5.41, 5.74) is 3.42. The van der Waals surface area contributed by atoms with Gasteiger partial charge in [0, 0.05) is 61.3 Å². The Balaban J connectivity index is 0.000000246. The van der Waals surface area contributed by atoms with E-state index in [0.717, 1.165) is 11.3 Å². The first kappa shape index (κ1) is 32.2. The molecule has 44 heavy (non-hydrogen) atoms. The summed E-state index contributed by atoms with van der Waals surface area (Å²) in [5.74, 6) is -0.0489. The van der Waals surface area contributed by atoms with Crippen molar-refractivity contribution in [3.8, 4) is 5.75 Å². The molecule has 0 radical (unpaired) electrons. The van der Waals surface area contributed by atoms with E-state index in [4.69, 9.17) is 9.47 Å². The normalized spacial score (nSPS) is 20.3. The van der Waals surface area contributed by atoms with E-state index >= 15 is 0 Å². The molecule has 11 heteroatoms. The zero-order valence-electron chi connectivity index (χ0n) is 25.4. The van der Waals surface area contributed by atoms with E-state index in [1.54, 1.807) is 41.8 Å². The highest BCUT2D eigenvalue weighted by molar-refractivity contribution is 5.96. The van der Waals surface area contributed by atoms with Crippen LogP contribution in [0.2, 0.25) is 0 Å². The van der Waals surface area contributed by atoms with Gasteiger partial charge in [-0.1, -0.05) is 18.2 Å². The number of ether oxygens (including phenoxy) is 2. The molecule has 0 spiro atoms. The van der Waals surface area contributed by atoms with Gasteiger partial charge >= 0.3 is 5.97 Å². The molecule has 2 heterocycles. The highest BCUT2D eigenvalue weighted by Crippen LogP contribution is 2.41. The van der Waals surface area contributed by atoms with E-state index < -0.39 is 23.1 Å². The number of hydrogen-bond acceptors (Lipinski definition) is 8. The highest BCUT2D eigenvalue weighted by Gasteiger charge is 2.34. The van der Waals surface area contributed by atoms with Crippen molar-refractivity contribution in [2.75, 3.05) is 16.4 Å². The highest BCUT2D eigenvalue weighted by atomic mass is 16.6. The standard InChI is InChI=1S/C21H22N2O6.C12H15NO2/c1-4-28-21(25)15-5-10-19-18(12-15)20(11-13(2)22(19)14(3)24)29-17-8-6-16(7-9-17)23(26)27;1-8-7-12(15)10-5-3-4-6-11(10)13(8)9(2)14/h5-10,12-13,20H,4,11H2,1-3H3;3-6,8,12,15H,7H2,1-2H3/t13-,20+;8-,12-/m00/s1. The first-order chi connectivity index (χ1) is 20.9. The lowest BCUT2D eigenvalue weighted by Gasteiger charge is -2.39. The number of esters is 1. The molecule has 4 atom stereocenters. The molecule has 2 aliphatic rings. The van der Waals surface area contributed by atoms with Gasteiger partial charge in [-0.3, -0.25) is 19.7 Å². The summed E-state index contributed by atoms with van der Waals surface area (Å²) in [5, 5.41) is 20.7. The van der Waals surface area contributed by atoms with Crippen molar-refractivity contribution >= 4 is 34.8 Å². The number of aliphatic hydroxyl groups excluding tert-OH is 1. The Morgan fingerprint density at radius 2 is 1.48 bits per heavy atom. The first-order valence-corrected chi connectivity index (χ1v) is 14.5. The molecule has 0 aromatic heterocycles. The Kier molecular flexibility index (Phi) is 10.00. The predicted molar refractivity (Wildman–Crippen MR) is 165 cm³/mol. The number of para-hydroxylation sites is 1. The summed E-state index contributed by atoms with van der Waals surface area (Å²) < 4.78 is 11.2. The summed E-state index contributed by atoms with van der Waals surface area (Å²) in [6.07, 6.45) is 0.241. The average Bonchev–Trinajstić information content (AvgIpc) is 2.97. The molecule has 3 aromatic rings. The minimum absolute atomic E-state index is 0.0258.